The van der Waals surface area contributed by atoms with E-state index in [4.69, 9.17) is 5.73 Å². The van der Waals surface area contributed by atoms with E-state index in [0.717, 1.165) is 32.5 Å². The molecule has 1 saturated heterocycles. The summed E-state index contributed by atoms with van der Waals surface area (Å²) in [5.41, 5.74) is 5.53. The SMILES string of the molecule is CCCC(=O)N1CCC(CN)C1. The predicted octanol–water partition coefficient (Wildman–Crippen LogP) is 0.594. The number of likely N-dealkylation sites (tertiary alicyclic amines) is 1. The number of carbonyl (C=O) groups is 1. The second kappa shape index (κ2) is 4.45. The molecule has 2 N–H and O–H groups in total. The molecule has 0 aromatic heterocycles. The standard InChI is InChI=1S/C9H18N2O/c1-2-3-9(12)11-5-4-8(6-10)7-11/h8H,2-7,10H2,1H3. The van der Waals surface area contributed by atoms with Gasteiger partial charge in [0.25, 0.3) is 0 Å². The molecule has 12 heavy (non-hydrogen) atoms. The van der Waals surface area contributed by atoms with Crippen LogP contribution < -0.4 is 5.73 Å². The van der Waals surface area contributed by atoms with Crippen LogP contribution in [-0.2, 0) is 4.79 Å². The quantitative estimate of drug-likeness (QED) is 0.674. The molecule has 0 aliphatic carbocycles. The van der Waals surface area contributed by atoms with Gasteiger partial charge in [0.2, 0.25) is 5.91 Å². The molecular formula is C9H18N2O. The fraction of sp³-hybridized carbons (Fsp3) is 0.889. The molecule has 3 heteroatoms. The van der Waals surface area contributed by atoms with Crippen molar-refractivity contribution in [2.45, 2.75) is 26.2 Å². The molecule has 3 nitrogen and oxygen atoms in total. The van der Waals surface area contributed by atoms with Crippen LogP contribution in [0.15, 0.2) is 0 Å². The van der Waals surface area contributed by atoms with Crippen molar-refractivity contribution in [3.8, 4) is 0 Å². The van der Waals surface area contributed by atoms with Crippen molar-refractivity contribution in [3.05, 3.63) is 0 Å². The molecule has 1 atom stereocenters. The van der Waals surface area contributed by atoms with Gasteiger partial charge >= 0.3 is 0 Å². The molecule has 1 unspecified atom stereocenters. The van der Waals surface area contributed by atoms with Gasteiger partial charge in [0, 0.05) is 19.5 Å². The molecule has 1 aliphatic rings. The molecule has 1 fully saturated rings. The Hall–Kier alpha value is -0.570. The number of nitrogens with two attached hydrogens (primary N) is 1. The van der Waals surface area contributed by atoms with Crippen molar-refractivity contribution in [2.24, 2.45) is 11.7 Å². The first-order chi connectivity index (χ1) is 5.77. The first kappa shape index (κ1) is 9.52. The van der Waals surface area contributed by atoms with Crippen LogP contribution in [0.1, 0.15) is 26.2 Å². The Morgan fingerprint density at radius 2 is 2.42 bits per heavy atom. The summed E-state index contributed by atoms with van der Waals surface area (Å²) >= 11 is 0. The van der Waals surface area contributed by atoms with Crippen LogP contribution in [0.5, 0.6) is 0 Å². The maximum Gasteiger partial charge on any atom is 0.222 e. The highest BCUT2D eigenvalue weighted by atomic mass is 16.2. The summed E-state index contributed by atoms with van der Waals surface area (Å²) in [5.74, 6) is 0.847. The van der Waals surface area contributed by atoms with Gasteiger partial charge in [0.1, 0.15) is 0 Å². The molecule has 0 aromatic carbocycles. The summed E-state index contributed by atoms with van der Waals surface area (Å²) in [6.45, 7) is 4.56. The number of carbonyl (C=O) groups excluding carboxylic acids is 1. The minimum Gasteiger partial charge on any atom is -0.342 e. The minimum atomic E-state index is 0.299. The first-order valence-electron chi connectivity index (χ1n) is 4.75. The summed E-state index contributed by atoms with van der Waals surface area (Å²) in [7, 11) is 0. The van der Waals surface area contributed by atoms with E-state index in [1.165, 1.54) is 0 Å². The number of hydrogen-bond donors (Lipinski definition) is 1. The van der Waals surface area contributed by atoms with E-state index >= 15 is 0 Å². The molecule has 0 radical (unpaired) electrons. The predicted molar refractivity (Wildman–Crippen MR) is 48.6 cm³/mol. The summed E-state index contributed by atoms with van der Waals surface area (Å²) in [5, 5.41) is 0. The highest BCUT2D eigenvalue weighted by molar-refractivity contribution is 5.76. The van der Waals surface area contributed by atoms with Gasteiger partial charge in [-0.3, -0.25) is 4.79 Å². The summed E-state index contributed by atoms with van der Waals surface area (Å²) in [4.78, 5) is 13.3. The molecule has 70 valence electrons. The van der Waals surface area contributed by atoms with Gasteiger partial charge < -0.3 is 10.6 Å². The average Bonchev–Trinajstić information content (AvgIpc) is 2.52. The number of amides is 1. The highest BCUT2D eigenvalue weighted by Gasteiger charge is 2.24. The Kier molecular flexibility index (Phi) is 3.53. The third-order valence-electron chi connectivity index (χ3n) is 2.44. The fourth-order valence-electron chi connectivity index (χ4n) is 1.62. The third-order valence-corrected chi connectivity index (χ3v) is 2.44. The summed E-state index contributed by atoms with van der Waals surface area (Å²) in [6.07, 6.45) is 2.73. The van der Waals surface area contributed by atoms with Crippen LogP contribution in [0.25, 0.3) is 0 Å². The number of hydrogen-bond acceptors (Lipinski definition) is 2. The molecule has 0 saturated carbocycles. The van der Waals surface area contributed by atoms with Crippen molar-refractivity contribution in [1.82, 2.24) is 4.90 Å². The Labute approximate surface area is 73.9 Å². The molecule has 0 bridgehead atoms. The topological polar surface area (TPSA) is 46.3 Å². The number of nitrogens with zero attached hydrogens (tertiary/aromatic N) is 1. The Bertz CT molecular complexity index is 159. The van der Waals surface area contributed by atoms with Crippen LogP contribution in [0.4, 0.5) is 0 Å². The maximum atomic E-state index is 11.4. The lowest BCUT2D eigenvalue weighted by Gasteiger charge is -2.15. The van der Waals surface area contributed by atoms with Crippen molar-refractivity contribution in [1.29, 1.82) is 0 Å². The lowest BCUT2D eigenvalue weighted by molar-refractivity contribution is -0.130. The van der Waals surface area contributed by atoms with Crippen molar-refractivity contribution in [2.75, 3.05) is 19.6 Å². The van der Waals surface area contributed by atoms with Gasteiger partial charge in [0.15, 0.2) is 0 Å². The van der Waals surface area contributed by atoms with E-state index in [9.17, 15) is 4.79 Å². The van der Waals surface area contributed by atoms with Crippen LogP contribution in [0, 0.1) is 5.92 Å². The lowest BCUT2D eigenvalue weighted by atomic mass is 10.1. The second-order valence-electron chi connectivity index (χ2n) is 3.48. The zero-order chi connectivity index (χ0) is 8.97. The van der Waals surface area contributed by atoms with Gasteiger partial charge in [-0.1, -0.05) is 6.92 Å². The smallest absolute Gasteiger partial charge is 0.222 e. The van der Waals surface area contributed by atoms with E-state index in [0.29, 0.717) is 18.2 Å². The van der Waals surface area contributed by atoms with Crippen LogP contribution in [-0.4, -0.2) is 30.4 Å². The van der Waals surface area contributed by atoms with Gasteiger partial charge in [-0.2, -0.15) is 0 Å². The average molecular weight is 170 g/mol. The van der Waals surface area contributed by atoms with Gasteiger partial charge in [-0.15, -0.1) is 0 Å². The van der Waals surface area contributed by atoms with E-state index < -0.39 is 0 Å². The minimum absolute atomic E-state index is 0.299. The van der Waals surface area contributed by atoms with Crippen LogP contribution in [0.2, 0.25) is 0 Å². The monoisotopic (exact) mass is 170 g/mol. The van der Waals surface area contributed by atoms with Crippen molar-refractivity contribution < 1.29 is 4.79 Å². The van der Waals surface area contributed by atoms with Gasteiger partial charge in [0.05, 0.1) is 0 Å². The molecular weight excluding hydrogens is 152 g/mol. The van der Waals surface area contributed by atoms with Crippen LogP contribution >= 0.6 is 0 Å². The first-order valence-corrected chi connectivity index (χ1v) is 4.75. The Morgan fingerprint density at radius 3 is 2.92 bits per heavy atom. The normalized spacial score (nSPS) is 23.2. The van der Waals surface area contributed by atoms with E-state index in [1.54, 1.807) is 0 Å². The maximum absolute atomic E-state index is 11.4. The second-order valence-corrected chi connectivity index (χ2v) is 3.48. The molecule has 0 spiro atoms. The van der Waals surface area contributed by atoms with E-state index in [-0.39, 0.29) is 0 Å². The Morgan fingerprint density at radius 1 is 1.67 bits per heavy atom. The molecule has 1 heterocycles. The van der Waals surface area contributed by atoms with Crippen LogP contribution in [0.3, 0.4) is 0 Å². The fourth-order valence-corrected chi connectivity index (χ4v) is 1.62. The number of rotatable bonds is 3. The van der Waals surface area contributed by atoms with E-state index in [1.807, 2.05) is 11.8 Å². The molecule has 1 rings (SSSR count). The lowest BCUT2D eigenvalue weighted by Crippen LogP contribution is -2.29. The molecule has 0 aromatic rings. The van der Waals surface area contributed by atoms with Gasteiger partial charge in [-0.25, -0.2) is 0 Å². The molecule has 1 amide bonds. The largest absolute Gasteiger partial charge is 0.342 e. The zero-order valence-electron chi connectivity index (χ0n) is 7.75. The summed E-state index contributed by atoms with van der Waals surface area (Å²) < 4.78 is 0. The third kappa shape index (κ3) is 2.21. The van der Waals surface area contributed by atoms with Crippen molar-refractivity contribution >= 4 is 5.91 Å². The van der Waals surface area contributed by atoms with E-state index in [2.05, 4.69) is 0 Å². The molecule has 1 aliphatic heterocycles. The Balaban J connectivity index is 2.31. The van der Waals surface area contributed by atoms with Gasteiger partial charge in [-0.05, 0) is 25.3 Å². The highest BCUT2D eigenvalue weighted by Crippen LogP contribution is 2.15. The zero-order valence-corrected chi connectivity index (χ0v) is 7.75. The summed E-state index contributed by atoms with van der Waals surface area (Å²) in [6, 6.07) is 0. The van der Waals surface area contributed by atoms with Crippen molar-refractivity contribution in [3.63, 3.8) is 0 Å².